The van der Waals surface area contributed by atoms with Crippen LogP contribution >= 0.6 is 0 Å². The van der Waals surface area contributed by atoms with Gasteiger partial charge in [-0.05, 0) is 18.2 Å². The van der Waals surface area contributed by atoms with E-state index in [9.17, 15) is 4.79 Å². The summed E-state index contributed by atoms with van der Waals surface area (Å²) in [4.78, 5) is 13.0. The number of benzene rings is 3. The van der Waals surface area contributed by atoms with Gasteiger partial charge < -0.3 is 23.7 Å². The molecule has 0 amide bonds. The van der Waals surface area contributed by atoms with Gasteiger partial charge in [-0.25, -0.2) is 0 Å². The summed E-state index contributed by atoms with van der Waals surface area (Å²) in [6.45, 7) is 0.966. The van der Waals surface area contributed by atoms with Crippen molar-refractivity contribution in [2.24, 2.45) is 0 Å². The van der Waals surface area contributed by atoms with Crippen LogP contribution in [0.25, 0.3) is 0 Å². The number of hydrogen-bond donors (Lipinski definition) is 0. The maximum absolute atomic E-state index is 13.0. The molecule has 0 bridgehead atoms. The first-order valence-electron chi connectivity index (χ1n) is 11.1. The summed E-state index contributed by atoms with van der Waals surface area (Å²) in [5, 5.41) is 0. The summed E-state index contributed by atoms with van der Waals surface area (Å²) in [6, 6.07) is 24.3. The molecule has 6 nitrogen and oxygen atoms in total. The van der Waals surface area contributed by atoms with E-state index < -0.39 is 6.29 Å². The largest absolute Gasteiger partial charge is 0.493 e. The third-order valence-electron chi connectivity index (χ3n) is 5.97. The third kappa shape index (κ3) is 4.64. The fraction of sp³-hybridized carbons (Fsp3) is 0.296. The SMILES string of the molecule is COc1ccc(C(=O)c2ccccc2)cc1OC1CCOC2CO[C@@H](c3ccccc3)OC21. The van der Waals surface area contributed by atoms with Crippen molar-refractivity contribution in [1.29, 1.82) is 0 Å². The number of carbonyl (C=O) groups is 1. The van der Waals surface area contributed by atoms with Crippen LogP contribution in [0.4, 0.5) is 0 Å². The van der Waals surface area contributed by atoms with Crippen molar-refractivity contribution in [3.63, 3.8) is 0 Å². The number of fused-ring (bicyclic) bond motifs is 1. The van der Waals surface area contributed by atoms with Crippen LogP contribution in [0.15, 0.2) is 78.9 Å². The highest BCUT2D eigenvalue weighted by molar-refractivity contribution is 6.09. The summed E-state index contributed by atoms with van der Waals surface area (Å²) >= 11 is 0. The maximum Gasteiger partial charge on any atom is 0.193 e. The molecule has 0 aliphatic carbocycles. The first kappa shape index (κ1) is 21.6. The topological polar surface area (TPSA) is 63.2 Å². The molecular formula is C27H26O6. The van der Waals surface area contributed by atoms with E-state index in [2.05, 4.69) is 0 Å². The average molecular weight is 446 g/mol. The zero-order valence-electron chi connectivity index (χ0n) is 18.4. The standard InChI is InChI=1S/C27H26O6/c1-29-21-13-12-20(25(28)18-8-4-2-5-9-18)16-23(21)32-22-14-15-30-24-17-31-27(33-26(22)24)19-10-6-3-7-11-19/h2-13,16,22,24,26-27H,14-15,17H2,1H3/t22?,24?,26?,27-/m1/s1. The average Bonchev–Trinajstić information content (AvgIpc) is 2.89. The second kappa shape index (κ2) is 9.75. The first-order valence-corrected chi connectivity index (χ1v) is 11.1. The second-order valence-electron chi connectivity index (χ2n) is 8.09. The molecular weight excluding hydrogens is 420 g/mol. The van der Waals surface area contributed by atoms with E-state index in [0.29, 0.717) is 42.3 Å². The number of ether oxygens (including phenoxy) is 5. The van der Waals surface area contributed by atoms with Crippen LogP contribution in [0.1, 0.15) is 34.2 Å². The predicted molar refractivity (Wildman–Crippen MR) is 122 cm³/mol. The lowest BCUT2D eigenvalue weighted by Gasteiger charge is -2.43. The van der Waals surface area contributed by atoms with E-state index in [1.165, 1.54) is 0 Å². The van der Waals surface area contributed by atoms with Gasteiger partial charge in [-0.3, -0.25) is 4.79 Å². The summed E-state index contributed by atoms with van der Waals surface area (Å²) in [6.07, 6.45) is -0.620. The molecule has 3 aromatic rings. The van der Waals surface area contributed by atoms with Gasteiger partial charge in [0, 0.05) is 23.1 Å². The molecule has 2 heterocycles. The fourth-order valence-corrected chi connectivity index (χ4v) is 4.26. The Labute approximate surface area is 193 Å². The van der Waals surface area contributed by atoms with Gasteiger partial charge in [-0.15, -0.1) is 0 Å². The van der Waals surface area contributed by atoms with Crippen LogP contribution < -0.4 is 9.47 Å². The quantitative estimate of drug-likeness (QED) is 0.517. The van der Waals surface area contributed by atoms with Crippen LogP contribution in [-0.4, -0.2) is 44.4 Å². The summed E-state index contributed by atoms with van der Waals surface area (Å²) in [5.74, 6) is 1.00. The van der Waals surface area contributed by atoms with Crippen molar-refractivity contribution in [1.82, 2.24) is 0 Å². The molecule has 2 aliphatic rings. The second-order valence-corrected chi connectivity index (χ2v) is 8.09. The van der Waals surface area contributed by atoms with Crippen molar-refractivity contribution < 1.29 is 28.5 Å². The van der Waals surface area contributed by atoms with Crippen LogP contribution in [0.2, 0.25) is 0 Å². The normalized spacial score (nSPS) is 24.5. The molecule has 6 heteroatoms. The summed E-state index contributed by atoms with van der Waals surface area (Å²) in [7, 11) is 1.59. The Morgan fingerprint density at radius 3 is 2.39 bits per heavy atom. The van der Waals surface area contributed by atoms with Crippen molar-refractivity contribution in [2.75, 3.05) is 20.3 Å². The van der Waals surface area contributed by atoms with Gasteiger partial charge in [0.1, 0.15) is 18.3 Å². The van der Waals surface area contributed by atoms with E-state index in [1.807, 2.05) is 48.5 Å². The van der Waals surface area contributed by atoms with Crippen molar-refractivity contribution in [3.8, 4) is 11.5 Å². The minimum absolute atomic E-state index is 0.0700. The minimum Gasteiger partial charge on any atom is -0.493 e. The van der Waals surface area contributed by atoms with Crippen LogP contribution in [0, 0.1) is 0 Å². The molecule has 2 saturated heterocycles. The lowest BCUT2D eigenvalue weighted by molar-refractivity contribution is -0.295. The van der Waals surface area contributed by atoms with Gasteiger partial charge in [-0.1, -0.05) is 60.7 Å². The maximum atomic E-state index is 13.0. The molecule has 2 fully saturated rings. The van der Waals surface area contributed by atoms with E-state index in [-0.39, 0.29) is 24.1 Å². The molecule has 33 heavy (non-hydrogen) atoms. The lowest BCUT2D eigenvalue weighted by atomic mass is 10.00. The van der Waals surface area contributed by atoms with Crippen LogP contribution in [-0.2, 0) is 14.2 Å². The Morgan fingerprint density at radius 1 is 0.879 bits per heavy atom. The zero-order chi connectivity index (χ0) is 22.6. The molecule has 3 unspecified atom stereocenters. The third-order valence-corrected chi connectivity index (χ3v) is 5.97. The zero-order valence-corrected chi connectivity index (χ0v) is 18.4. The number of methoxy groups -OCH3 is 1. The Bertz CT molecular complexity index is 1080. The molecule has 2 aliphatic heterocycles. The molecule has 0 N–H and O–H groups in total. The molecule has 170 valence electrons. The highest BCUT2D eigenvalue weighted by Crippen LogP contribution is 2.36. The summed E-state index contributed by atoms with van der Waals surface area (Å²) in [5.41, 5.74) is 2.11. The highest BCUT2D eigenvalue weighted by Gasteiger charge is 2.43. The number of rotatable bonds is 6. The molecule has 4 atom stereocenters. The molecule has 0 spiro atoms. The van der Waals surface area contributed by atoms with E-state index in [4.69, 9.17) is 23.7 Å². The molecule has 0 radical (unpaired) electrons. The Hall–Kier alpha value is -3.19. The van der Waals surface area contributed by atoms with Crippen molar-refractivity contribution in [2.45, 2.75) is 31.0 Å². The first-order chi connectivity index (χ1) is 16.2. The number of hydrogen-bond acceptors (Lipinski definition) is 6. The van der Waals surface area contributed by atoms with Crippen LogP contribution in [0.5, 0.6) is 11.5 Å². The van der Waals surface area contributed by atoms with Gasteiger partial charge in [0.15, 0.2) is 23.6 Å². The molecule has 0 aromatic heterocycles. The van der Waals surface area contributed by atoms with Gasteiger partial charge in [-0.2, -0.15) is 0 Å². The summed E-state index contributed by atoms with van der Waals surface area (Å²) < 4.78 is 30.0. The van der Waals surface area contributed by atoms with Crippen LogP contribution in [0.3, 0.4) is 0 Å². The smallest absolute Gasteiger partial charge is 0.193 e. The van der Waals surface area contributed by atoms with Gasteiger partial charge in [0.25, 0.3) is 0 Å². The Morgan fingerprint density at radius 2 is 1.64 bits per heavy atom. The van der Waals surface area contributed by atoms with E-state index in [1.54, 1.807) is 37.4 Å². The van der Waals surface area contributed by atoms with Crippen molar-refractivity contribution >= 4 is 5.78 Å². The molecule has 5 rings (SSSR count). The van der Waals surface area contributed by atoms with Gasteiger partial charge >= 0.3 is 0 Å². The van der Waals surface area contributed by atoms with Gasteiger partial charge in [0.05, 0.1) is 20.3 Å². The minimum atomic E-state index is -0.479. The molecule has 0 saturated carbocycles. The van der Waals surface area contributed by atoms with Crippen molar-refractivity contribution in [3.05, 3.63) is 95.6 Å². The van der Waals surface area contributed by atoms with E-state index >= 15 is 0 Å². The monoisotopic (exact) mass is 446 g/mol. The fourth-order valence-electron chi connectivity index (χ4n) is 4.26. The Kier molecular flexibility index (Phi) is 6.39. The van der Waals surface area contributed by atoms with E-state index in [0.717, 1.165) is 5.56 Å². The van der Waals surface area contributed by atoms with Gasteiger partial charge in [0.2, 0.25) is 0 Å². The molecule has 3 aromatic carbocycles. The predicted octanol–water partition coefficient (Wildman–Crippen LogP) is 4.58. The number of ketones is 1. The highest BCUT2D eigenvalue weighted by atomic mass is 16.7. The lowest BCUT2D eigenvalue weighted by Crippen LogP contribution is -2.54. The Balaban J connectivity index is 1.38. The number of carbonyl (C=O) groups excluding carboxylic acids is 1.